The number of aromatic nitrogens is 5. The number of nitrogens with zero attached hydrogens (tertiary/aromatic N) is 9. The predicted octanol–water partition coefficient (Wildman–Crippen LogP) is 3.20. The average molecular weight is 978 g/mol. The lowest BCUT2D eigenvalue weighted by Crippen LogP contribution is -2.44. The Hall–Kier alpha value is -5.21. The van der Waals surface area contributed by atoms with Gasteiger partial charge >= 0.3 is 0 Å². The van der Waals surface area contributed by atoms with Gasteiger partial charge in [-0.05, 0) is 156 Å². The maximum atomic E-state index is 12.4. The molecule has 12 atom stereocenters. The number of pyridine rings is 1. The number of hydrogen-bond acceptors (Lipinski definition) is 15. The van der Waals surface area contributed by atoms with Gasteiger partial charge in [0.05, 0.1) is 49.5 Å². The van der Waals surface area contributed by atoms with Crippen LogP contribution in [0.5, 0.6) is 0 Å². The average Bonchev–Trinajstić information content (AvgIpc) is 4.33. The largest absolute Gasteiger partial charge is 0.343 e. The summed E-state index contributed by atoms with van der Waals surface area (Å²) in [5.41, 5.74) is 3.91. The summed E-state index contributed by atoms with van der Waals surface area (Å²) in [4.78, 5) is 69.5. The van der Waals surface area contributed by atoms with Crippen LogP contribution in [-0.2, 0) is 45.4 Å². The van der Waals surface area contributed by atoms with Crippen LogP contribution in [0.4, 0.5) is 0 Å². The Morgan fingerprint density at radius 1 is 0.500 bits per heavy atom. The van der Waals surface area contributed by atoms with E-state index in [0.29, 0.717) is 43.2 Å². The lowest BCUT2D eigenvalue weighted by atomic mass is 10.1. The van der Waals surface area contributed by atoms with Crippen molar-refractivity contribution in [2.75, 3.05) is 54.4 Å². The smallest absolute Gasteiger partial charge is 0.240 e. The second-order valence-corrected chi connectivity index (χ2v) is 21.3. The van der Waals surface area contributed by atoms with Crippen molar-refractivity contribution in [2.45, 2.75) is 102 Å². The van der Waals surface area contributed by atoms with E-state index in [0.717, 1.165) is 99.5 Å². The standard InChI is InChI=1S/C15H20N2O.C14H19N3O.C11H16N4O2.C11H16N4OS/c1-16-14-8-12-7-13(12)10-17(15(14)18)9-11-5-3-2-4-6-11;1-15-13-7-10-6-11(10)8-17(14(13)18)9-12-4-2-3-5-16-12;2*1-12-9-3-7-2-8(7)4-15(11(9)16)5-10-13-6-17-14-10/h2-6,12-14,16H,7-10H2,1H3;2-5,10-11,13,15H,6-9H2,1H3;2*6-9,12H,2-5H2,1H3. The number of amides is 4. The second-order valence-electron chi connectivity index (χ2n) is 20.7. The van der Waals surface area contributed by atoms with Crippen molar-refractivity contribution < 1.29 is 23.7 Å². The third-order valence-corrected chi connectivity index (χ3v) is 16.4. The molecule has 0 spiro atoms. The summed E-state index contributed by atoms with van der Waals surface area (Å²) >= 11 is 1.34. The van der Waals surface area contributed by atoms with Crippen LogP contribution in [0.1, 0.15) is 74.3 Å². The molecular weight excluding hydrogens is 907 g/mol. The van der Waals surface area contributed by atoms with Gasteiger partial charge in [-0.25, -0.2) is 4.98 Å². The van der Waals surface area contributed by atoms with Gasteiger partial charge in [0.15, 0.2) is 11.6 Å². The first-order valence-electron chi connectivity index (χ1n) is 25.4. The zero-order valence-electron chi connectivity index (χ0n) is 41.1. The Labute approximate surface area is 415 Å². The first-order valence-corrected chi connectivity index (χ1v) is 26.2. The van der Waals surface area contributed by atoms with E-state index in [4.69, 9.17) is 4.52 Å². The van der Waals surface area contributed by atoms with E-state index >= 15 is 0 Å². The SMILES string of the molecule is CNC1CC2CC2CN(Cc2ccccc2)C1=O.CNC1CC2CC2CN(Cc2ccccn2)C1=O.CNC1CC2CC2CN(Cc2ncon2)C1=O.CNC1CC2CC2CN(Cc2ncsn2)C1=O. The van der Waals surface area contributed by atoms with Gasteiger partial charge in [-0.1, -0.05) is 41.6 Å². The van der Waals surface area contributed by atoms with Crippen LogP contribution in [0.2, 0.25) is 0 Å². The lowest BCUT2D eigenvalue weighted by molar-refractivity contribution is -0.134. The van der Waals surface area contributed by atoms with Crippen molar-refractivity contribution in [2.24, 2.45) is 47.3 Å². The number of likely N-dealkylation sites (tertiary alicyclic amines) is 4. The maximum Gasteiger partial charge on any atom is 0.240 e. The predicted molar refractivity (Wildman–Crippen MR) is 263 cm³/mol. The minimum absolute atomic E-state index is 0.00814. The summed E-state index contributed by atoms with van der Waals surface area (Å²) in [7, 11) is 7.48. The van der Waals surface area contributed by atoms with Crippen LogP contribution >= 0.6 is 11.5 Å². The van der Waals surface area contributed by atoms with Crippen molar-refractivity contribution in [1.82, 2.24) is 65.3 Å². The maximum absolute atomic E-state index is 12.4. The molecule has 3 aromatic heterocycles. The highest BCUT2D eigenvalue weighted by molar-refractivity contribution is 7.03. The van der Waals surface area contributed by atoms with Gasteiger partial charge in [-0.15, -0.1) is 0 Å². The summed E-state index contributed by atoms with van der Waals surface area (Å²) in [6.07, 6.45) is 12.1. The minimum atomic E-state index is -0.0561. The van der Waals surface area contributed by atoms with Crippen molar-refractivity contribution in [3.8, 4) is 0 Å². The molecule has 4 saturated carbocycles. The molecular formula is C51H71N13O5S. The Morgan fingerprint density at radius 2 is 0.943 bits per heavy atom. The van der Waals surface area contributed by atoms with E-state index in [1.54, 1.807) is 11.7 Å². The summed E-state index contributed by atoms with van der Waals surface area (Å²) in [5, 5.41) is 16.3. The summed E-state index contributed by atoms with van der Waals surface area (Å²) < 4.78 is 8.88. The molecule has 4 aliphatic carbocycles. The van der Waals surface area contributed by atoms with Gasteiger partial charge in [-0.3, -0.25) is 24.2 Å². The Morgan fingerprint density at radius 3 is 1.34 bits per heavy atom. The monoisotopic (exact) mass is 978 g/mol. The molecule has 19 heteroatoms. The Bertz CT molecular complexity index is 2170. The fourth-order valence-electron chi connectivity index (χ4n) is 11.2. The fraction of sp³-hybridized carbons (Fsp3) is 0.627. The van der Waals surface area contributed by atoms with Gasteiger partial charge in [0, 0.05) is 38.9 Å². The molecule has 70 heavy (non-hydrogen) atoms. The van der Waals surface area contributed by atoms with Crippen LogP contribution in [-0.4, -0.2) is 146 Å². The van der Waals surface area contributed by atoms with E-state index in [2.05, 4.69) is 57.9 Å². The minimum Gasteiger partial charge on any atom is -0.343 e. The molecule has 12 rings (SSSR count). The molecule has 4 saturated heterocycles. The second kappa shape index (κ2) is 22.9. The highest BCUT2D eigenvalue weighted by atomic mass is 32.1. The number of nitrogens with one attached hydrogen (secondary N) is 4. The molecule has 4 aliphatic heterocycles. The highest BCUT2D eigenvalue weighted by Crippen LogP contribution is 2.47. The topological polar surface area (TPSA) is 207 Å². The normalized spacial score (nSPS) is 31.5. The molecule has 8 fully saturated rings. The van der Waals surface area contributed by atoms with E-state index in [-0.39, 0.29) is 47.8 Å². The molecule has 1 aromatic carbocycles. The van der Waals surface area contributed by atoms with Gasteiger partial charge < -0.3 is 45.4 Å². The number of likely N-dealkylation sites (N-methyl/N-ethyl adjacent to an activating group) is 4. The fourth-order valence-corrected chi connectivity index (χ4v) is 11.6. The molecule has 376 valence electrons. The van der Waals surface area contributed by atoms with Gasteiger partial charge in [-0.2, -0.15) is 9.36 Å². The molecule has 0 bridgehead atoms. The number of fused-ring (bicyclic) bond motifs is 4. The van der Waals surface area contributed by atoms with Gasteiger partial charge in [0.25, 0.3) is 0 Å². The molecule has 4 aromatic rings. The van der Waals surface area contributed by atoms with Crippen molar-refractivity contribution in [1.29, 1.82) is 0 Å². The molecule has 4 amide bonds. The molecule has 18 nitrogen and oxygen atoms in total. The van der Waals surface area contributed by atoms with Gasteiger partial charge in [0.2, 0.25) is 30.0 Å². The first kappa shape index (κ1) is 49.8. The van der Waals surface area contributed by atoms with E-state index in [9.17, 15) is 19.2 Å². The van der Waals surface area contributed by atoms with Crippen molar-refractivity contribution >= 4 is 35.2 Å². The molecule has 12 unspecified atom stereocenters. The molecule has 4 N–H and O–H groups in total. The molecule has 0 radical (unpaired) electrons. The first-order chi connectivity index (χ1) is 34.1. The van der Waals surface area contributed by atoms with Gasteiger partial charge in [0.1, 0.15) is 5.51 Å². The highest BCUT2D eigenvalue weighted by Gasteiger charge is 2.48. The van der Waals surface area contributed by atoms with Crippen LogP contribution in [0.25, 0.3) is 0 Å². The van der Waals surface area contributed by atoms with E-state index < -0.39 is 0 Å². The number of rotatable bonds is 12. The Kier molecular flexibility index (Phi) is 16.3. The number of carbonyl (C=O) groups excluding carboxylic acids is 4. The number of benzene rings is 1. The number of carbonyl (C=O) groups is 4. The zero-order chi connectivity index (χ0) is 48.7. The van der Waals surface area contributed by atoms with E-state index in [1.807, 2.05) is 84.2 Å². The quantitative estimate of drug-likeness (QED) is 0.161. The summed E-state index contributed by atoms with van der Waals surface area (Å²) in [6.45, 7) is 5.95. The van der Waals surface area contributed by atoms with Crippen LogP contribution < -0.4 is 21.3 Å². The molecule has 7 heterocycles. The summed E-state index contributed by atoms with van der Waals surface area (Å²) in [5.74, 6) is 8.02. The van der Waals surface area contributed by atoms with Crippen LogP contribution in [0.3, 0.4) is 0 Å². The van der Waals surface area contributed by atoms with Crippen molar-refractivity contribution in [3.63, 3.8) is 0 Å². The third-order valence-electron chi connectivity index (χ3n) is 15.9. The number of hydrogen-bond donors (Lipinski definition) is 4. The molecule has 8 aliphatic rings. The van der Waals surface area contributed by atoms with Crippen LogP contribution in [0.15, 0.2) is 71.2 Å². The zero-order valence-corrected chi connectivity index (χ0v) is 41.9. The van der Waals surface area contributed by atoms with Crippen molar-refractivity contribution in [3.05, 3.63) is 89.5 Å². The Balaban J connectivity index is 0.000000116. The van der Waals surface area contributed by atoms with Crippen LogP contribution in [0, 0.1) is 47.3 Å². The summed E-state index contributed by atoms with van der Waals surface area (Å²) in [6, 6.07) is 16.1. The van der Waals surface area contributed by atoms with E-state index in [1.165, 1.54) is 49.2 Å². The lowest BCUT2D eigenvalue weighted by Gasteiger charge is -2.25. The third kappa shape index (κ3) is 12.8.